The zero-order valence-electron chi connectivity index (χ0n) is 8.36. The topological polar surface area (TPSA) is 41.5 Å². The normalized spacial score (nSPS) is 44.9. The van der Waals surface area contributed by atoms with Crippen molar-refractivity contribution in [2.24, 2.45) is 10.9 Å². The molecule has 1 aliphatic heterocycles. The van der Waals surface area contributed by atoms with E-state index in [2.05, 4.69) is 36.3 Å². The highest BCUT2D eigenvalue weighted by Gasteiger charge is 2.49. The van der Waals surface area contributed by atoms with Gasteiger partial charge in [0.15, 0.2) is 0 Å². The van der Waals surface area contributed by atoms with Gasteiger partial charge in [-0.15, -0.1) is 11.8 Å². The molecule has 2 rings (SSSR count). The van der Waals surface area contributed by atoms with Crippen molar-refractivity contribution in [3.8, 4) is 0 Å². The van der Waals surface area contributed by atoms with Gasteiger partial charge in [0.25, 0.3) is 0 Å². The molecule has 0 fully saturated rings. The summed E-state index contributed by atoms with van der Waals surface area (Å²) in [5.41, 5.74) is 1.55. The molecule has 0 aromatic heterocycles. The lowest BCUT2D eigenvalue weighted by atomic mass is 9.81. The molecule has 4 heteroatoms. The standard InChI is InChI=1S/C10H14N2OS/c1-9(11-6-13)3-4-10(2)8(9)5-14-7-12-10/h3-4,6-8H,5H2,1-2H3,(H,11,13)/t8-,9?,10?/m1/s1. The van der Waals surface area contributed by atoms with Gasteiger partial charge in [-0.1, -0.05) is 12.2 Å². The van der Waals surface area contributed by atoms with Gasteiger partial charge in [0.2, 0.25) is 6.41 Å². The summed E-state index contributed by atoms with van der Waals surface area (Å²) in [4.78, 5) is 15.1. The second-order valence-electron chi connectivity index (χ2n) is 4.22. The van der Waals surface area contributed by atoms with Crippen molar-refractivity contribution < 1.29 is 4.79 Å². The second-order valence-corrected chi connectivity index (χ2v) is 5.10. The van der Waals surface area contributed by atoms with Crippen molar-refractivity contribution in [2.75, 3.05) is 5.75 Å². The van der Waals surface area contributed by atoms with Crippen LogP contribution in [0.5, 0.6) is 0 Å². The van der Waals surface area contributed by atoms with Gasteiger partial charge in [0.1, 0.15) is 0 Å². The maximum Gasteiger partial charge on any atom is 0.207 e. The van der Waals surface area contributed by atoms with Gasteiger partial charge in [-0.3, -0.25) is 9.79 Å². The number of thioether (sulfide) groups is 1. The van der Waals surface area contributed by atoms with Crippen LogP contribution in [0.2, 0.25) is 0 Å². The average Bonchev–Trinajstić information content (AvgIpc) is 2.41. The van der Waals surface area contributed by atoms with Crippen LogP contribution in [0, 0.1) is 5.92 Å². The lowest BCUT2D eigenvalue weighted by molar-refractivity contribution is -0.111. The van der Waals surface area contributed by atoms with Gasteiger partial charge < -0.3 is 5.32 Å². The highest BCUT2D eigenvalue weighted by Crippen LogP contribution is 2.43. The molecule has 0 bridgehead atoms. The van der Waals surface area contributed by atoms with Crippen LogP contribution in [-0.2, 0) is 4.79 Å². The van der Waals surface area contributed by atoms with E-state index in [4.69, 9.17) is 0 Å². The molecule has 1 heterocycles. The lowest BCUT2D eigenvalue weighted by Gasteiger charge is -2.38. The number of rotatable bonds is 2. The quantitative estimate of drug-likeness (QED) is 0.550. The third kappa shape index (κ3) is 1.29. The SMILES string of the molecule is CC12C=CC(C)(NC=O)[C@H]1CSC=N2. The number of aliphatic imine (C=N–C) groups is 1. The minimum atomic E-state index is -0.235. The number of nitrogens with zero attached hydrogens (tertiary/aromatic N) is 1. The molecule has 1 aliphatic carbocycles. The Morgan fingerprint density at radius 1 is 1.57 bits per heavy atom. The van der Waals surface area contributed by atoms with Crippen LogP contribution in [0.4, 0.5) is 0 Å². The largest absolute Gasteiger partial charge is 0.350 e. The lowest BCUT2D eigenvalue weighted by Crippen LogP contribution is -2.52. The number of amides is 1. The molecular formula is C10H14N2OS. The minimum Gasteiger partial charge on any atom is -0.350 e. The molecule has 3 nitrogen and oxygen atoms in total. The molecule has 0 saturated heterocycles. The zero-order valence-corrected chi connectivity index (χ0v) is 9.17. The number of carbonyl (C=O) groups is 1. The molecular weight excluding hydrogens is 196 g/mol. The van der Waals surface area contributed by atoms with E-state index in [1.807, 2.05) is 5.55 Å². The number of carbonyl (C=O) groups excluding carboxylic acids is 1. The molecule has 76 valence electrons. The van der Waals surface area contributed by atoms with Crippen LogP contribution in [0.1, 0.15) is 13.8 Å². The van der Waals surface area contributed by atoms with Gasteiger partial charge in [-0.25, -0.2) is 0 Å². The molecule has 0 aromatic rings. The Morgan fingerprint density at radius 3 is 3.07 bits per heavy atom. The summed E-state index contributed by atoms with van der Waals surface area (Å²) in [6.45, 7) is 4.16. The first-order chi connectivity index (χ1) is 6.61. The predicted molar refractivity (Wildman–Crippen MR) is 59.6 cm³/mol. The Bertz CT molecular complexity index is 315. The van der Waals surface area contributed by atoms with Crippen molar-refractivity contribution in [1.29, 1.82) is 0 Å². The van der Waals surface area contributed by atoms with Crippen LogP contribution in [-0.4, -0.2) is 28.8 Å². The summed E-state index contributed by atoms with van der Waals surface area (Å²) in [7, 11) is 0. The van der Waals surface area contributed by atoms with Crippen LogP contribution in [0.15, 0.2) is 17.1 Å². The number of nitrogens with one attached hydrogen (secondary N) is 1. The Labute approximate surface area is 88.1 Å². The van der Waals surface area contributed by atoms with Crippen molar-refractivity contribution >= 4 is 23.7 Å². The third-order valence-electron chi connectivity index (χ3n) is 3.23. The van der Waals surface area contributed by atoms with Crippen molar-refractivity contribution in [3.05, 3.63) is 12.2 Å². The maximum absolute atomic E-state index is 10.6. The van der Waals surface area contributed by atoms with Crippen molar-refractivity contribution in [3.63, 3.8) is 0 Å². The first-order valence-electron chi connectivity index (χ1n) is 4.68. The minimum absolute atomic E-state index is 0.129. The fourth-order valence-corrected chi connectivity index (χ4v) is 3.49. The van der Waals surface area contributed by atoms with Crippen LogP contribution >= 0.6 is 11.8 Å². The van der Waals surface area contributed by atoms with Crippen LogP contribution in [0.3, 0.4) is 0 Å². The molecule has 2 aliphatic rings. The summed E-state index contributed by atoms with van der Waals surface area (Å²) in [6, 6.07) is 0. The van der Waals surface area contributed by atoms with E-state index in [1.54, 1.807) is 11.8 Å². The summed E-state index contributed by atoms with van der Waals surface area (Å²) < 4.78 is 0. The second kappa shape index (κ2) is 3.12. The van der Waals surface area contributed by atoms with E-state index in [0.29, 0.717) is 5.92 Å². The highest BCUT2D eigenvalue weighted by molar-refractivity contribution is 8.12. The van der Waals surface area contributed by atoms with Gasteiger partial charge in [0, 0.05) is 11.7 Å². The van der Waals surface area contributed by atoms with E-state index in [-0.39, 0.29) is 11.1 Å². The molecule has 0 radical (unpaired) electrons. The number of hydrogen-bond donors (Lipinski definition) is 1. The Morgan fingerprint density at radius 2 is 2.36 bits per heavy atom. The van der Waals surface area contributed by atoms with Crippen molar-refractivity contribution in [2.45, 2.75) is 24.9 Å². The van der Waals surface area contributed by atoms with Gasteiger partial charge in [-0.2, -0.15) is 0 Å². The van der Waals surface area contributed by atoms with Gasteiger partial charge in [0.05, 0.1) is 16.6 Å². The van der Waals surface area contributed by atoms with E-state index >= 15 is 0 Å². The summed E-state index contributed by atoms with van der Waals surface area (Å²) >= 11 is 1.71. The average molecular weight is 210 g/mol. The molecule has 1 N–H and O–H groups in total. The third-order valence-corrected chi connectivity index (χ3v) is 4.01. The fraction of sp³-hybridized carbons (Fsp3) is 0.600. The Balaban J connectivity index is 2.31. The molecule has 0 aromatic carbocycles. The molecule has 3 atom stereocenters. The van der Waals surface area contributed by atoms with Gasteiger partial charge in [-0.05, 0) is 13.8 Å². The van der Waals surface area contributed by atoms with E-state index in [0.717, 1.165) is 12.2 Å². The van der Waals surface area contributed by atoms with E-state index in [1.165, 1.54) is 0 Å². The van der Waals surface area contributed by atoms with Gasteiger partial charge >= 0.3 is 0 Å². The first kappa shape index (κ1) is 9.77. The number of fused-ring (bicyclic) bond motifs is 1. The highest BCUT2D eigenvalue weighted by atomic mass is 32.2. The summed E-state index contributed by atoms with van der Waals surface area (Å²) in [5, 5.41) is 2.89. The first-order valence-corrected chi connectivity index (χ1v) is 5.73. The monoisotopic (exact) mass is 210 g/mol. The Hall–Kier alpha value is -0.770. The number of hydrogen-bond acceptors (Lipinski definition) is 3. The van der Waals surface area contributed by atoms with Crippen molar-refractivity contribution in [1.82, 2.24) is 5.32 Å². The molecule has 14 heavy (non-hydrogen) atoms. The molecule has 1 amide bonds. The summed E-state index contributed by atoms with van der Waals surface area (Å²) in [5.74, 6) is 1.36. The van der Waals surface area contributed by atoms with Crippen LogP contribution < -0.4 is 5.32 Å². The smallest absolute Gasteiger partial charge is 0.207 e. The van der Waals surface area contributed by atoms with Crippen LogP contribution in [0.25, 0.3) is 0 Å². The predicted octanol–water partition coefficient (Wildman–Crippen LogP) is 1.21. The summed E-state index contributed by atoms with van der Waals surface area (Å²) in [6.07, 6.45) is 4.94. The van der Waals surface area contributed by atoms with E-state index < -0.39 is 0 Å². The zero-order chi connectivity index (χ0) is 10.2. The molecule has 2 unspecified atom stereocenters. The fourth-order valence-electron chi connectivity index (χ4n) is 2.22. The maximum atomic E-state index is 10.6. The molecule has 0 spiro atoms. The molecule has 0 saturated carbocycles. The van der Waals surface area contributed by atoms with E-state index in [9.17, 15) is 4.79 Å². The Kier molecular flexibility index (Phi) is 2.18.